The van der Waals surface area contributed by atoms with Gasteiger partial charge in [-0.15, -0.1) is 0 Å². The second-order valence-electron chi connectivity index (χ2n) is 4.48. The van der Waals surface area contributed by atoms with E-state index in [1.54, 1.807) is 24.3 Å². The summed E-state index contributed by atoms with van der Waals surface area (Å²) in [5.41, 5.74) is 7.85. The molecule has 21 heavy (non-hydrogen) atoms. The summed E-state index contributed by atoms with van der Waals surface area (Å²) in [7, 11) is 0. The number of anilines is 2. The van der Waals surface area contributed by atoms with Crippen LogP contribution >= 0.6 is 15.9 Å². The molecule has 0 atom stereocenters. The summed E-state index contributed by atoms with van der Waals surface area (Å²) in [5.74, 6) is -0.894. The molecule has 0 heterocycles. The van der Waals surface area contributed by atoms with Crippen molar-refractivity contribution < 1.29 is 13.9 Å². The molecule has 2 aromatic carbocycles. The van der Waals surface area contributed by atoms with Crippen molar-refractivity contribution in [1.29, 1.82) is 0 Å². The van der Waals surface area contributed by atoms with E-state index < -0.39 is 5.82 Å². The van der Waals surface area contributed by atoms with Gasteiger partial charge in [-0.05, 0) is 42.8 Å². The highest BCUT2D eigenvalue weighted by Gasteiger charge is 2.08. The van der Waals surface area contributed by atoms with Crippen LogP contribution in [-0.2, 0) is 4.79 Å². The Morgan fingerprint density at radius 2 is 2.10 bits per heavy atom. The predicted octanol–water partition coefficient (Wildman–Crippen LogP) is 3.50. The van der Waals surface area contributed by atoms with E-state index in [4.69, 9.17) is 10.5 Å². The third-order valence-electron chi connectivity index (χ3n) is 2.82. The number of amides is 1. The van der Waals surface area contributed by atoms with Crippen molar-refractivity contribution in [3.05, 3.63) is 52.3 Å². The molecule has 0 radical (unpaired) electrons. The topological polar surface area (TPSA) is 64.3 Å². The molecule has 0 aliphatic carbocycles. The highest BCUT2D eigenvalue weighted by atomic mass is 79.9. The monoisotopic (exact) mass is 352 g/mol. The summed E-state index contributed by atoms with van der Waals surface area (Å²) in [6, 6.07) is 9.57. The number of nitrogens with two attached hydrogens (primary N) is 1. The lowest BCUT2D eigenvalue weighted by atomic mass is 10.2. The Labute approximate surface area is 130 Å². The second-order valence-corrected chi connectivity index (χ2v) is 5.40. The largest absolute Gasteiger partial charge is 0.481 e. The van der Waals surface area contributed by atoms with Gasteiger partial charge in [-0.25, -0.2) is 4.39 Å². The minimum atomic E-state index is -0.531. The molecular formula is C15H14BrFN2O2. The van der Waals surface area contributed by atoms with Crippen molar-refractivity contribution >= 4 is 33.2 Å². The van der Waals surface area contributed by atoms with Gasteiger partial charge >= 0.3 is 0 Å². The SMILES string of the molecule is Cc1ccc(NC(=O)COc2ccc(Br)cc2F)cc1N. The average Bonchev–Trinajstić information content (AvgIpc) is 2.42. The summed E-state index contributed by atoms with van der Waals surface area (Å²) < 4.78 is 19.3. The van der Waals surface area contributed by atoms with Gasteiger partial charge in [0.15, 0.2) is 18.2 Å². The fraction of sp³-hybridized carbons (Fsp3) is 0.133. The van der Waals surface area contributed by atoms with Crippen LogP contribution in [0, 0.1) is 12.7 Å². The maximum absolute atomic E-state index is 13.5. The molecule has 110 valence electrons. The summed E-state index contributed by atoms with van der Waals surface area (Å²) in [5, 5.41) is 2.64. The maximum atomic E-state index is 13.5. The Morgan fingerprint density at radius 3 is 2.76 bits per heavy atom. The van der Waals surface area contributed by atoms with Gasteiger partial charge in [-0.1, -0.05) is 22.0 Å². The Bertz CT molecular complexity index is 677. The van der Waals surface area contributed by atoms with Gasteiger partial charge < -0.3 is 15.8 Å². The molecule has 1 amide bonds. The fourth-order valence-corrected chi connectivity index (χ4v) is 1.98. The number of hydrogen-bond donors (Lipinski definition) is 2. The normalized spacial score (nSPS) is 10.2. The maximum Gasteiger partial charge on any atom is 0.262 e. The van der Waals surface area contributed by atoms with Crippen LogP contribution in [0.1, 0.15) is 5.56 Å². The molecule has 0 spiro atoms. The van der Waals surface area contributed by atoms with E-state index in [0.29, 0.717) is 15.8 Å². The van der Waals surface area contributed by atoms with Crippen LogP contribution < -0.4 is 15.8 Å². The van der Waals surface area contributed by atoms with E-state index in [2.05, 4.69) is 21.2 Å². The molecule has 0 aliphatic heterocycles. The number of benzene rings is 2. The molecule has 3 N–H and O–H groups in total. The number of rotatable bonds is 4. The van der Waals surface area contributed by atoms with E-state index in [9.17, 15) is 9.18 Å². The van der Waals surface area contributed by atoms with Crippen molar-refractivity contribution in [3.63, 3.8) is 0 Å². The Morgan fingerprint density at radius 1 is 1.33 bits per heavy atom. The number of carbonyl (C=O) groups is 1. The highest BCUT2D eigenvalue weighted by Crippen LogP contribution is 2.21. The van der Waals surface area contributed by atoms with Crippen molar-refractivity contribution in [2.24, 2.45) is 0 Å². The first-order valence-corrected chi connectivity index (χ1v) is 6.99. The highest BCUT2D eigenvalue weighted by molar-refractivity contribution is 9.10. The van der Waals surface area contributed by atoms with Crippen molar-refractivity contribution in [3.8, 4) is 5.75 Å². The number of hydrogen-bond acceptors (Lipinski definition) is 3. The molecule has 0 aromatic heterocycles. The van der Waals surface area contributed by atoms with Gasteiger partial charge in [-0.2, -0.15) is 0 Å². The van der Waals surface area contributed by atoms with Gasteiger partial charge in [-0.3, -0.25) is 4.79 Å². The van der Waals surface area contributed by atoms with Gasteiger partial charge in [0.25, 0.3) is 5.91 Å². The first-order valence-electron chi connectivity index (χ1n) is 6.19. The van der Waals surface area contributed by atoms with Crippen LogP contribution in [0.15, 0.2) is 40.9 Å². The van der Waals surface area contributed by atoms with E-state index in [0.717, 1.165) is 5.56 Å². The number of nitrogens with one attached hydrogen (secondary N) is 1. The number of nitrogen functional groups attached to an aromatic ring is 1. The molecule has 2 rings (SSSR count). The summed E-state index contributed by atoms with van der Waals surface area (Å²) in [6.45, 7) is 1.59. The predicted molar refractivity (Wildman–Crippen MR) is 83.8 cm³/mol. The zero-order valence-corrected chi connectivity index (χ0v) is 12.9. The van der Waals surface area contributed by atoms with Crippen LogP contribution in [0.3, 0.4) is 0 Å². The van der Waals surface area contributed by atoms with Gasteiger partial charge in [0.05, 0.1) is 0 Å². The molecule has 4 nitrogen and oxygen atoms in total. The fourth-order valence-electron chi connectivity index (χ4n) is 1.65. The first kappa shape index (κ1) is 15.3. The third kappa shape index (κ3) is 4.19. The van der Waals surface area contributed by atoms with Crippen LogP contribution in [0.25, 0.3) is 0 Å². The number of carbonyl (C=O) groups excluding carboxylic acids is 1. The van der Waals surface area contributed by atoms with Crippen LogP contribution in [0.5, 0.6) is 5.75 Å². The molecule has 0 saturated heterocycles. The quantitative estimate of drug-likeness (QED) is 0.827. The molecule has 0 bridgehead atoms. The lowest BCUT2D eigenvalue weighted by Gasteiger charge is -2.09. The van der Waals surface area contributed by atoms with E-state index in [-0.39, 0.29) is 18.3 Å². The van der Waals surface area contributed by atoms with Gasteiger partial charge in [0.1, 0.15) is 0 Å². The van der Waals surface area contributed by atoms with Crippen LogP contribution in [0.4, 0.5) is 15.8 Å². The van der Waals surface area contributed by atoms with Crippen LogP contribution in [-0.4, -0.2) is 12.5 Å². The lowest BCUT2D eigenvalue weighted by Crippen LogP contribution is -2.20. The van der Waals surface area contributed by atoms with Gasteiger partial charge in [0, 0.05) is 15.8 Å². The minimum absolute atomic E-state index is 0.0248. The minimum Gasteiger partial charge on any atom is -0.481 e. The average molecular weight is 353 g/mol. The number of halogens is 2. The van der Waals surface area contributed by atoms with Crippen molar-refractivity contribution in [1.82, 2.24) is 0 Å². The molecule has 0 saturated carbocycles. The molecule has 0 unspecified atom stereocenters. The third-order valence-corrected chi connectivity index (χ3v) is 3.31. The molecule has 0 fully saturated rings. The molecule has 6 heteroatoms. The summed E-state index contributed by atoms with van der Waals surface area (Å²) in [6.07, 6.45) is 0. The standard InChI is InChI=1S/C15H14BrFN2O2/c1-9-2-4-11(7-13(9)18)19-15(20)8-21-14-5-3-10(16)6-12(14)17/h2-7H,8,18H2,1H3,(H,19,20). The lowest BCUT2D eigenvalue weighted by molar-refractivity contribution is -0.118. The molecular weight excluding hydrogens is 339 g/mol. The van der Waals surface area contributed by atoms with E-state index >= 15 is 0 Å². The second kappa shape index (κ2) is 6.58. The zero-order valence-electron chi connectivity index (χ0n) is 11.3. The molecule has 0 aliphatic rings. The zero-order chi connectivity index (χ0) is 15.4. The van der Waals surface area contributed by atoms with Crippen LogP contribution in [0.2, 0.25) is 0 Å². The van der Waals surface area contributed by atoms with E-state index in [1.807, 2.05) is 6.92 Å². The van der Waals surface area contributed by atoms with E-state index in [1.165, 1.54) is 12.1 Å². The van der Waals surface area contributed by atoms with Gasteiger partial charge in [0.2, 0.25) is 0 Å². The van der Waals surface area contributed by atoms with Crippen molar-refractivity contribution in [2.75, 3.05) is 17.7 Å². The number of ether oxygens (including phenoxy) is 1. The summed E-state index contributed by atoms with van der Waals surface area (Å²) in [4.78, 5) is 11.8. The Balaban J connectivity index is 1.94. The smallest absolute Gasteiger partial charge is 0.262 e. The number of aryl methyl sites for hydroxylation is 1. The summed E-state index contributed by atoms with van der Waals surface area (Å²) >= 11 is 3.15. The Hall–Kier alpha value is -2.08. The molecule has 2 aromatic rings. The first-order chi connectivity index (χ1) is 9.95. The Kier molecular flexibility index (Phi) is 4.80. The van der Waals surface area contributed by atoms with Crippen molar-refractivity contribution in [2.45, 2.75) is 6.92 Å².